The zero-order chi connectivity index (χ0) is 24.3. The second-order valence-corrected chi connectivity index (χ2v) is 9.96. The number of ketones is 1. The first kappa shape index (κ1) is 21.8. The van der Waals surface area contributed by atoms with Crippen molar-refractivity contribution in [3.05, 3.63) is 88.2 Å². The number of aromatic nitrogens is 2. The minimum Gasteiger partial charge on any atom is -0.507 e. The fourth-order valence-electron chi connectivity index (χ4n) is 4.60. The van der Waals surface area contributed by atoms with Crippen molar-refractivity contribution in [3.8, 4) is 5.75 Å². The Bertz CT molecular complexity index is 1550. The number of hydrogen-bond donors (Lipinski definition) is 1. The topological polar surface area (TPSA) is 92.6 Å². The van der Waals surface area contributed by atoms with Crippen LogP contribution in [0.15, 0.2) is 66.5 Å². The highest BCUT2D eigenvalue weighted by atomic mass is 35.5. The Balaban J connectivity index is 1.53. The van der Waals surface area contributed by atoms with Crippen molar-refractivity contribution in [3.63, 3.8) is 0 Å². The van der Waals surface area contributed by atoms with Crippen LogP contribution in [0.1, 0.15) is 29.7 Å². The molecule has 4 heterocycles. The molecule has 2 aliphatic rings. The van der Waals surface area contributed by atoms with E-state index >= 15 is 0 Å². The SMILES string of the molecule is C[C@H]1Cc2cc(C(O)=C3C(=O)C(=O)N(c4nc5ccc(Cl)cc5s4)[C@@H]3c3cccnc3)ccc2O1. The molecule has 0 saturated carbocycles. The van der Waals surface area contributed by atoms with Gasteiger partial charge in [-0.2, -0.15) is 0 Å². The summed E-state index contributed by atoms with van der Waals surface area (Å²) >= 11 is 7.39. The highest BCUT2D eigenvalue weighted by molar-refractivity contribution is 7.22. The number of carbonyl (C=O) groups excluding carboxylic acids is 2. The number of pyridine rings is 1. The van der Waals surface area contributed by atoms with Crippen LogP contribution in [0.5, 0.6) is 5.75 Å². The normalized spacial score (nSPS) is 20.9. The zero-order valence-electron chi connectivity index (χ0n) is 18.4. The van der Waals surface area contributed by atoms with Crippen LogP contribution in [0.25, 0.3) is 16.0 Å². The quantitative estimate of drug-likeness (QED) is 0.232. The summed E-state index contributed by atoms with van der Waals surface area (Å²) in [6, 6.07) is 13.1. The third kappa shape index (κ3) is 3.57. The Morgan fingerprint density at radius 1 is 1.20 bits per heavy atom. The van der Waals surface area contributed by atoms with E-state index in [1.807, 2.05) is 13.0 Å². The second-order valence-electron chi connectivity index (χ2n) is 8.52. The number of aliphatic hydroxyl groups is 1. The first-order chi connectivity index (χ1) is 16.9. The second kappa shape index (κ2) is 8.18. The number of amides is 1. The molecule has 1 amide bonds. The molecule has 6 rings (SSSR count). The summed E-state index contributed by atoms with van der Waals surface area (Å²) in [7, 11) is 0. The number of halogens is 1. The van der Waals surface area contributed by atoms with Crippen LogP contribution < -0.4 is 9.64 Å². The first-order valence-corrected chi connectivity index (χ1v) is 12.2. The molecule has 35 heavy (non-hydrogen) atoms. The third-order valence-electron chi connectivity index (χ3n) is 6.16. The van der Waals surface area contributed by atoms with Crippen LogP contribution in [0, 0.1) is 0 Å². The van der Waals surface area contributed by atoms with Crippen LogP contribution >= 0.6 is 22.9 Å². The fraction of sp³-hybridized carbons (Fsp3) is 0.154. The van der Waals surface area contributed by atoms with Crippen LogP contribution in [0.4, 0.5) is 5.13 Å². The molecule has 4 aromatic rings. The molecule has 2 aromatic carbocycles. The van der Waals surface area contributed by atoms with E-state index in [1.165, 1.54) is 16.2 Å². The van der Waals surface area contributed by atoms with Gasteiger partial charge in [0.1, 0.15) is 17.6 Å². The van der Waals surface area contributed by atoms with Gasteiger partial charge in [0.15, 0.2) is 5.13 Å². The first-order valence-electron chi connectivity index (χ1n) is 11.0. The van der Waals surface area contributed by atoms with Crippen LogP contribution in [-0.4, -0.2) is 32.9 Å². The largest absolute Gasteiger partial charge is 0.507 e. The summed E-state index contributed by atoms with van der Waals surface area (Å²) in [5.41, 5.74) is 2.63. The Kier molecular flexibility index (Phi) is 5.09. The number of aliphatic hydroxyl groups excluding tert-OH is 1. The van der Waals surface area contributed by atoms with Crippen LogP contribution in [0.2, 0.25) is 5.02 Å². The van der Waals surface area contributed by atoms with Crippen molar-refractivity contribution < 1.29 is 19.4 Å². The minimum absolute atomic E-state index is 0.00722. The van der Waals surface area contributed by atoms with Crippen molar-refractivity contribution in [1.82, 2.24) is 9.97 Å². The number of anilines is 1. The summed E-state index contributed by atoms with van der Waals surface area (Å²) in [6.45, 7) is 1.97. The number of nitrogens with zero attached hydrogens (tertiary/aromatic N) is 3. The van der Waals surface area contributed by atoms with Crippen LogP contribution in [0.3, 0.4) is 0 Å². The maximum atomic E-state index is 13.3. The van der Waals surface area contributed by atoms with E-state index < -0.39 is 17.7 Å². The number of fused-ring (bicyclic) bond motifs is 2. The molecule has 1 fully saturated rings. The van der Waals surface area contributed by atoms with Gasteiger partial charge in [0.25, 0.3) is 5.78 Å². The lowest BCUT2D eigenvalue weighted by molar-refractivity contribution is -0.132. The molecule has 0 radical (unpaired) electrons. The number of rotatable bonds is 3. The number of benzene rings is 2. The van der Waals surface area contributed by atoms with Gasteiger partial charge in [-0.15, -0.1) is 0 Å². The van der Waals surface area contributed by atoms with Gasteiger partial charge >= 0.3 is 5.91 Å². The third-order valence-corrected chi connectivity index (χ3v) is 7.41. The predicted octanol–water partition coefficient (Wildman–Crippen LogP) is 5.29. The summed E-state index contributed by atoms with van der Waals surface area (Å²) in [5.74, 6) is -1.03. The van der Waals surface area contributed by atoms with Crippen molar-refractivity contribution in [2.45, 2.75) is 25.5 Å². The van der Waals surface area contributed by atoms with E-state index in [2.05, 4.69) is 9.97 Å². The lowest BCUT2D eigenvalue weighted by Gasteiger charge is -2.22. The molecule has 1 N–H and O–H groups in total. The molecule has 174 valence electrons. The predicted molar refractivity (Wildman–Crippen MR) is 134 cm³/mol. The van der Waals surface area contributed by atoms with Gasteiger partial charge in [0.05, 0.1) is 21.8 Å². The highest BCUT2D eigenvalue weighted by Crippen LogP contribution is 2.44. The van der Waals surface area contributed by atoms with Crippen molar-refractivity contribution in [2.24, 2.45) is 0 Å². The molecule has 0 spiro atoms. The fourth-order valence-corrected chi connectivity index (χ4v) is 5.87. The average molecular weight is 504 g/mol. The van der Waals surface area contributed by atoms with Gasteiger partial charge in [0.2, 0.25) is 0 Å². The van der Waals surface area contributed by atoms with Gasteiger partial charge in [-0.05, 0) is 60.5 Å². The summed E-state index contributed by atoms with van der Waals surface area (Å²) in [5, 5.41) is 12.3. The minimum atomic E-state index is -0.886. The molecule has 2 aliphatic heterocycles. The Morgan fingerprint density at radius 3 is 2.86 bits per heavy atom. The van der Waals surface area contributed by atoms with E-state index in [1.54, 1.807) is 54.9 Å². The maximum absolute atomic E-state index is 13.3. The monoisotopic (exact) mass is 503 g/mol. The Hall–Kier alpha value is -3.75. The van der Waals surface area contributed by atoms with E-state index in [0.29, 0.717) is 33.2 Å². The van der Waals surface area contributed by atoms with Gasteiger partial charge < -0.3 is 9.84 Å². The zero-order valence-corrected chi connectivity index (χ0v) is 20.0. The van der Waals surface area contributed by atoms with E-state index in [-0.39, 0.29) is 17.4 Å². The van der Waals surface area contributed by atoms with Crippen LogP contribution in [-0.2, 0) is 16.0 Å². The standard InChI is InChI=1S/C26H18ClN3O4S/c1-13-9-16-10-14(4-7-19(16)34-13)23(31)21-22(15-3-2-8-28-12-15)30(25(33)24(21)32)26-29-18-6-5-17(27)11-20(18)35-26/h2-8,10-13,22,31H,9H2,1H3/t13-,22+/m0/s1. The molecule has 0 bridgehead atoms. The summed E-state index contributed by atoms with van der Waals surface area (Å²) in [4.78, 5) is 36.8. The molecule has 0 aliphatic carbocycles. The number of carbonyl (C=O) groups is 2. The summed E-state index contributed by atoms with van der Waals surface area (Å²) in [6.07, 6.45) is 3.93. The molecule has 9 heteroatoms. The van der Waals surface area contributed by atoms with E-state index in [9.17, 15) is 14.7 Å². The van der Waals surface area contributed by atoms with Gasteiger partial charge in [-0.1, -0.05) is 29.0 Å². The molecule has 0 unspecified atom stereocenters. The van der Waals surface area contributed by atoms with Gasteiger partial charge in [-0.3, -0.25) is 19.5 Å². The molecular formula is C26H18ClN3O4S. The number of ether oxygens (including phenoxy) is 1. The molecular weight excluding hydrogens is 486 g/mol. The van der Waals surface area contributed by atoms with Crippen molar-refractivity contribution in [1.29, 1.82) is 0 Å². The number of thiazole rings is 1. The summed E-state index contributed by atoms with van der Waals surface area (Å²) < 4.78 is 6.54. The van der Waals surface area contributed by atoms with Crippen molar-refractivity contribution in [2.75, 3.05) is 4.90 Å². The lowest BCUT2D eigenvalue weighted by atomic mass is 9.95. The Morgan fingerprint density at radius 2 is 2.06 bits per heavy atom. The maximum Gasteiger partial charge on any atom is 0.301 e. The van der Waals surface area contributed by atoms with E-state index in [0.717, 1.165) is 16.0 Å². The number of Topliss-reactive ketones (excluding diaryl/α,β-unsaturated/α-hetero) is 1. The molecule has 2 atom stereocenters. The van der Waals surface area contributed by atoms with E-state index in [4.69, 9.17) is 16.3 Å². The van der Waals surface area contributed by atoms with Gasteiger partial charge in [0, 0.05) is 29.4 Å². The molecule has 2 aromatic heterocycles. The Labute approximate surface area is 209 Å². The number of hydrogen-bond acceptors (Lipinski definition) is 7. The average Bonchev–Trinajstić information content (AvgIpc) is 3.51. The lowest BCUT2D eigenvalue weighted by Crippen LogP contribution is -2.29. The van der Waals surface area contributed by atoms with Gasteiger partial charge in [-0.25, -0.2) is 4.98 Å². The molecule has 7 nitrogen and oxygen atoms in total. The smallest absolute Gasteiger partial charge is 0.301 e. The highest BCUT2D eigenvalue weighted by Gasteiger charge is 2.48. The van der Waals surface area contributed by atoms with Crippen molar-refractivity contribution >= 4 is 55.7 Å². The molecule has 1 saturated heterocycles.